The van der Waals surface area contributed by atoms with Gasteiger partial charge in [0.2, 0.25) is 5.91 Å². The molecule has 0 aliphatic carbocycles. The van der Waals surface area contributed by atoms with Gasteiger partial charge in [-0.15, -0.1) is 0 Å². The topological polar surface area (TPSA) is 44.4 Å². The van der Waals surface area contributed by atoms with Crippen molar-refractivity contribution in [3.05, 3.63) is 64.1 Å². The van der Waals surface area contributed by atoms with Crippen molar-refractivity contribution in [1.82, 2.24) is 10.9 Å². The molecule has 0 saturated carbocycles. The van der Waals surface area contributed by atoms with Crippen molar-refractivity contribution in [2.24, 2.45) is 5.92 Å². The summed E-state index contributed by atoms with van der Waals surface area (Å²) in [5, 5.41) is 0. The third-order valence-electron chi connectivity index (χ3n) is 5.80. The Morgan fingerprint density at radius 1 is 0.963 bits per heavy atom. The van der Waals surface area contributed by atoms with Crippen LogP contribution >= 0.6 is 15.9 Å². The van der Waals surface area contributed by atoms with Gasteiger partial charge in [-0.2, -0.15) is 0 Å². The molecule has 4 atom stereocenters. The number of hydrazine groups is 1. The zero-order valence-electron chi connectivity index (χ0n) is 16.2. The van der Waals surface area contributed by atoms with E-state index in [1.54, 1.807) is 0 Å². The highest BCUT2D eigenvalue weighted by atomic mass is 79.9. The van der Waals surface area contributed by atoms with Crippen LogP contribution in [0.5, 0.6) is 0 Å². The smallest absolute Gasteiger partial charge is 0.246 e. The lowest BCUT2D eigenvalue weighted by Crippen LogP contribution is -2.42. The second kappa shape index (κ2) is 6.73. The molecule has 2 N–H and O–H groups in total. The predicted octanol–water partition coefficient (Wildman–Crippen LogP) is 4.32. The van der Waals surface area contributed by atoms with Gasteiger partial charge in [-0.1, -0.05) is 61.0 Å². The van der Waals surface area contributed by atoms with Crippen molar-refractivity contribution in [3.8, 4) is 0 Å². The van der Waals surface area contributed by atoms with Crippen LogP contribution in [0.25, 0.3) is 0 Å². The number of rotatable bonds is 2. The quantitative estimate of drug-likeness (QED) is 0.749. The molecule has 2 saturated heterocycles. The summed E-state index contributed by atoms with van der Waals surface area (Å²) in [4.78, 5) is 15.2. The molecule has 2 aliphatic heterocycles. The van der Waals surface area contributed by atoms with Gasteiger partial charge in [0.1, 0.15) is 6.04 Å². The third-order valence-corrected chi connectivity index (χ3v) is 6.33. The number of carbonyl (C=O) groups is 1. The van der Waals surface area contributed by atoms with E-state index < -0.39 is 0 Å². The Labute approximate surface area is 169 Å². The zero-order chi connectivity index (χ0) is 19.3. The molecule has 2 aromatic carbocycles. The molecular weight excluding hydrogens is 402 g/mol. The number of hydrogen-bond donors (Lipinski definition) is 2. The molecule has 27 heavy (non-hydrogen) atoms. The number of halogens is 1. The SMILES string of the molecule is CC1NNC2C(=O)N(c3ccc(Br)cc3)C(c3ccc(C(C)(C)C)cc3)C12. The molecule has 2 aromatic rings. The minimum atomic E-state index is -0.198. The Balaban J connectivity index is 1.78. The summed E-state index contributed by atoms with van der Waals surface area (Å²) in [5.41, 5.74) is 10.0. The fourth-order valence-corrected chi connectivity index (χ4v) is 4.55. The van der Waals surface area contributed by atoms with Crippen molar-refractivity contribution < 1.29 is 4.79 Å². The van der Waals surface area contributed by atoms with Crippen LogP contribution in [0, 0.1) is 5.92 Å². The van der Waals surface area contributed by atoms with E-state index in [1.807, 2.05) is 29.2 Å². The summed E-state index contributed by atoms with van der Waals surface area (Å²) in [6.07, 6.45) is 0. The highest BCUT2D eigenvalue weighted by Gasteiger charge is 2.54. The van der Waals surface area contributed by atoms with Crippen LogP contribution in [0.3, 0.4) is 0 Å². The van der Waals surface area contributed by atoms with Gasteiger partial charge in [-0.3, -0.25) is 10.2 Å². The van der Waals surface area contributed by atoms with Crippen molar-refractivity contribution in [2.45, 2.75) is 51.2 Å². The van der Waals surface area contributed by atoms with Gasteiger partial charge >= 0.3 is 0 Å². The van der Waals surface area contributed by atoms with E-state index in [1.165, 1.54) is 11.1 Å². The summed E-state index contributed by atoms with van der Waals surface area (Å²) in [6.45, 7) is 8.81. The Hall–Kier alpha value is -1.69. The number of nitrogens with zero attached hydrogens (tertiary/aromatic N) is 1. The molecule has 2 aliphatic rings. The van der Waals surface area contributed by atoms with E-state index in [0.29, 0.717) is 0 Å². The molecule has 4 unspecified atom stereocenters. The minimum Gasteiger partial charge on any atom is -0.303 e. The highest BCUT2D eigenvalue weighted by molar-refractivity contribution is 9.10. The van der Waals surface area contributed by atoms with Crippen LogP contribution in [0.15, 0.2) is 53.0 Å². The maximum atomic E-state index is 13.2. The minimum absolute atomic E-state index is 0.00944. The lowest BCUT2D eigenvalue weighted by atomic mass is 9.83. The maximum Gasteiger partial charge on any atom is 0.246 e. The van der Waals surface area contributed by atoms with Gasteiger partial charge in [-0.05, 0) is 47.7 Å². The van der Waals surface area contributed by atoms with Crippen LogP contribution < -0.4 is 15.8 Å². The monoisotopic (exact) mass is 427 g/mol. The summed E-state index contributed by atoms with van der Waals surface area (Å²) in [7, 11) is 0. The number of carbonyl (C=O) groups excluding carboxylic acids is 1. The fourth-order valence-electron chi connectivity index (χ4n) is 4.28. The second-order valence-corrected chi connectivity index (χ2v) is 9.55. The maximum absolute atomic E-state index is 13.2. The Bertz CT molecular complexity index is 841. The van der Waals surface area contributed by atoms with Crippen molar-refractivity contribution in [2.75, 3.05) is 4.90 Å². The van der Waals surface area contributed by atoms with Gasteiger partial charge in [0.15, 0.2) is 0 Å². The number of fused-ring (bicyclic) bond motifs is 1. The number of benzene rings is 2. The molecular formula is C22H26BrN3O. The van der Waals surface area contributed by atoms with Gasteiger partial charge in [-0.25, -0.2) is 5.43 Å². The van der Waals surface area contributed by atoms with Gasteiger partial charge in [0.25, 0.3) is 0 Å². The van der Waals surface area contributed by atoms with E-state index in [0.717, 1.165) is 10.2 Å². The molecule has 0 bridgehead atoms. The fraction of sp³-hybridized carbons (Fsp3) is 0.409. The Morgan fingerprint density at radius 3 is 2.19 bits per heavy atom. The third kappa shape index (κ3) is 3.22. The molecule has 0 radical (unpaired) electrons. The largest absolute Gasteiger partial charge is 0.303 e. The summed E-state index contributed by atoms with van der Waals surface area (Å²) in [5.74, 6) is 0.311. The summed E-state index contributed by atoms with van der Waals surface area (Å²) >= 11 is 3.49. The molecule has 2 heterocycles. The molecule has 0 spiro atoms. The Kier molecular flexibility index (Phi) is 4.65. The molecule has 4 rings (SSSR count). The molecule has 2 fully saturated rings. The average molecular weight is 428 g/mol. The highest BCUT2D eigenvalue weighted by Crippen LogP contribution is 2.45. The first-order valence-corrected chi connectivity index (χ1v) is 10.3. The number of amides is 1. The normalized spacial score (nSPS) is 27.9. The van der Waals surface area contributed by atoms with E-state index >= 15 is 0 Å². The standard InChI is InChI=1S/C22H26BrN3O/c1-13-18-19(25-24-13)21(27)26(17-11-9-16(23)10-12-17)20(18)14-5-7-15(8-6-14)22(2,3)4/h5-13,18-20,24-25H,1-4H3. The molecule has 4 nitrogen and oxygen atoms in total. The second-order valence-electron chi connectivity index (χ2n) is 8.63. The van der Waals surface area contributed by atoms with Crippen LogP contribution in [-0.2, 0) is 10.2 Å². The first-order chi connectivity index (χ1) is 12.8. The lowest BCUT2D eigenvalue weighted by Gasteiger charge is -2.31. The lowest BCUT2D eigenvalue weighted by molar-refractivity contribution is -0.119. The van der Waals surface area contributed by atoms with Crippen LogP contribution in [-0.4, -0.2) is 18.0 Å². The summed E-state index contributed by atoms with van der Waals surface area (Å²) in [6, 6.07) is 16.8. The van der Waals surface area contributed by atoms with Gasteiger partial charge in [0, 0.05) is 22.1 Å². The van der Waals surface area contributed by atoms with Crippen LogP contribution in [0.4, 0.5) is 5.69 Å². The number of anilines is 1. The van der Waals surface area contributed by atoms with E-state index in [-0.39, 0.29) is 35.4 Å². The first-order valence-electron chi connectivity index (χ1n) is 9.47. The molecule has 142 valence electrons. The molecule has 5 heteroatoms. The molecule has 1 amide bonds. The van der Waals surface area contributed by atoms with E-state index in [9.17, 15) is 4.79 Å². The zero-order valence-corrected chi connectivity index (χ0v) is 17.7. The van der Waals surface area contributed by atoms with E-state index in [2.05, 4.69) is 78.7 Å². The van der Waals surface area contributed by atoms with Crippen LogP contribution in [0.1, 0.15) is 44.9 Å². The first kappa shape index (κ1) is 18.7. The van der Waals surface area contributed by atoms with Gasteiger partial charge in [0.05, 0.1) is 6.04 Å². The predicted molar refractivity (Wildman–Crippen MR) is 113 cm³/mol. The van der Waals surface area contributed by atoms with Crippen molar-refractivity contribution in [1.29, 1.82) is 0 Å². The number of nitrogens with one attached hydrogen (secondary N) is 2. The summed E-state index contributed by atoms with van der Waals surface area (Å²) < 4.78 is 1.01. The van der Waals surface area contributed by atoms with E-state index in [4.69, 9.17) is 0 Å². The van der Waals surface area contributed by atoms with Crippen molar-refractivity contribution in [3.63, 3.8) is 0 Å². The van der Waals surface area contributed by atoms with Crippen LogP contribution in [0.2, 0.25) is 0 Å². The average Bonchev–Trinajstić information content (AvgIpc) is 3.14. The van der Waals surface area contributed by atoms with Crippen molar-refractivity contribution >= 4 is 27.5 Å². The number of hydrogen-bond acceptors (Lipinski definition) is 3. The Morgan fingerprint density at radius 2 is 1.59 bits per heavy atom. The molecule has 0 aromatic heterocycles. The van der Waals surface area contributed by atoms with Gasteiger partial charge < -0.3 is 4.90 Å².